The maximum atomic E-state index is 13.9. The van der Waals surface area contributed by atoms with Crippen LogP contribution in [-0.4, -0.2) is 69.3 Å². The molecule has 6 nitrogen and oxygen atoms in total. The Morgan fingerprint density at radius 2 is 1.86 bits per heavy atom. The first-order chi connectivity index (χ1) is 17.0. The van der Waals surface area contributed by atoms with Crippen LogP contribution in [0.15, 0.2) is 30.5 Å². The summed E-state index contributed by atoms with van der Waals surface area (Å²) in [5, 5.41) is 8.69. The third-order valence-corrected chi connectivity index (χ3v) is 6.79. The normalized spacial score (nSPS) is 22.7. The predicted octanol–water partition coefficient (Wildman–Crippen LogP) is 4.85. The summed E-state index contributed by atoms with van der Waals surface area (Å²) in [6.45, 7) is 9.15. The number of aliphatic hydroxyl groups is 1. The number of carbonyl (C=O) groups excluding carboxylic acids is 1. The van der Waals surface area contributed by atoms with Gasteiger partial charge in [-0.2, -0.15) is 13.2 Å². The lowest BCUT2D eigenvalue weighted by Gasteiger charge is -2.34. The van der Waals surface area contributed by atoms with Gasteiger partial charge in [0.05, 0.1) is 32.2 Å². The second-order valence-corrected chi connectivity index (χ2v) is 9.57. The zero-order valence-electron chi connectivity index (χ0n) is 21.9. The molecule has 0 heterocycles. The van der Waals surface area contributed by atoms with E-state index in [2.05, 4.69) is 0 Å². The van der Waals surface area contributed by atoms with Gasteiger partial charge < -0.3 is 24.2 Å². The van der Waals surface area contributed by atoms with Gasteiger partial charge in [0, 0.05) is 50.2 Å². The van der Waals surface area contributed by atoms with Gasteiger partial charge in [-0.3, -0.25) is 4.79 Å². The molecule has 204 valence electrons. The first-order valence-corrected chi connectivity index (χ1v) is 12.4. The molecule has 1 aliphatic carbocycles. The summed E-state index contributed by atoms with van der Waals surface area (Å²) in [5.41, 5.74) is 3.09. The molecule has 0 spiro atoms. The summed E-state index contributed by atoms with van der Waals surface area (Å²) in [5.74, 6) is -4.45. The summed E-state index contributed by atoms with van der Waals surface area (Å²) < 4.78 is 57.7. The van der Waals surface area contributed by atoms with Crippen molar-refractivity contribution in [2.75, 3.05) is 45.0 Å². The Bertz CT molecular complexity index is 858. The summed E-state index contributed by atoms with van der Waals surface area (Å²) in [6, 6.07) is 5.93. The quantitative estimate of drug-likeness (QED) is 0.282. The maximum absolute atomic E-state index is 13.9. The second kappa shape index (κ2) is 14.0. The van der Waals surface area contributed by atoms with Crippen LogP contribution in [-0.2, 0) is 19.0 Å². The molecule has 1 aliphatic rings. The first-order valence-electron chi connectivity index (χ1n) is 12.4. The number of ether oxygens (including phenoxy) is 3. The van der Waals surface area contributed by atoms with E-state index in [1.165, 1.54) is 13.4 Å². The van der Waals surface area contributed by atoms with E-state index in [0.717, 1.165) is 16.8 Å². The molecule has 0 bridgehead atoms. The highest BCUT2D eigenvalue weighted by molar-refractivity contribution is 5.88. The van der Waals surface area contributed by atoms with Crippen LogP contribution in [0.3, 0.4) is 0 Å². The number of carbonyl (C=O) groups is 1. The van der Waals surface area contributed by atoms with Crippen LogP contribution in [0.25, 0.3) is 0 Å². The van der Waals surface area contributed by atoms with Gasteiger partial charge in [0.2, 0.25) is 0 Å². The molecule has 1 fully saturated rings. The summed E-state index contributed by atoms with van der Waals surface area (Å²) in [7, 11) is 1.24. The third kappa shape index (κ3) is 7.95. The molecule has 0 aliphatic heterocycles. The molecule has 2 rings (SSSR count). The van der Waals surface area contributed by atoms with E-state index in [9.17, 15) is 18.0 Å². The fourth-order valence-electron chi connectivity index (χ4n) is 4.75. The van der Waals surface area contributed by atoms with E-state index in [4.69, 9.17) is 19.3 Å². The van der Waals surface area contributed by atoms with Crippen molar-refractivity contribution < 1.29 is 37.3 Å². The largest absolute Gasteiger partial charge is 0.501 e. The Balaban J connectivity index is 2.20. The van der Waals surface area contributed by atoms with Gasteiger partial charge in [0.25, 0.3) is 0 Å². The van der Waals surface area contributed by atoms with Crippen molar-refractivity contribution in [3.05, 3.63) is 41.7 Å². The molecular weight excluding hydrogens is 475 g/mol. The zero-order chi connectivity index (χ0) is 26.9. The van der Waals surface area contributed by atoms with Gasteiger partial charge >= 0.3 is 6.18 Å². The molecule has 2 unspecified atom stereocenters. The Morgan fingerprint density at radius 3 is 2.44 bits per heavy atom. The van der Waals surface area contributed by atoms with E-state index in [-0.39, 0.29) is 32.2 Å². The zero-order valence-corrected chi connectivity index (χ0v) is 21.9. The lowest BCUT2D eigenvalue weighted by Crippen LogP contribution is -2.40. The average Bonchev–Trinajstić information content (AvgIpc) is 3.08. The number of Topliss-reactive ketones (excluding diaryl/α,β-unsaturated/α-hetero) is 1. The lowest BCUT2D eigenvalue weighted by atomic mass is 9.90. The monoisotopic (exact) mass is 515 g/mol. The van der Waals surface area contributed by atoms with Crippen molar-refractivity contribution in [2.45, 2.75) is 58.9 Å². The molecule has 9 heteroatoms. The fraction of sp³-hybridized carbons (Fsp3) is 0.667. The highest BCUT2D eigenvalue weighted by Crippen LogP contribution is 2.46. The van der Waals surface area contributed by atoms with Crippen LogP contribution < -0.4 is 4.90 Å². The van der Waals surface area contributed by atoms with Crippen molar-refractivity contribution in [1.82, 2.24) is 0 Å². The molecule has 0 radical (unpaired) electrons. The number of hydrogen-bond acceptors (Lipinski definition) is 6. The number of aliphatic hydroxyl groups excluding tert-OH is 1. The van der Waals surface area contributed by atoms with E-state index in [0.29, 0.717) is 19.6 Å². The Morgan fingerprint density at radius 1 is 1.14 bits per heavy atom. The van der Waals surface area contributed by atoms with Gasteiger partial charge in [-0.1, -0.05) is 6.07 Å². The number of benzene rings is 1. The molecule has 1 aromatic rings. The predicted molar refractivity (Wildman–Crippen MR) is 133 cm³/mol. The van der Waals surface area contributed by atoms with Crippen molar-refractivity contribution in [3.63, 3.8) is 0 Å². The minimum atomic E-state index is -4.68. The molecule has 1 saturated carbocycles. The second-order valence-electron chi connectivity index (χ2n) is 9.57. The number of allylic oxidation sites excluding steroid dienone is 1. The van der Waals surface area contributed by atoms with Crippen LogP contribution in [0, 0.1) is 31.6 Å². The number of anilines is 1. The molecular formula is C27H40F3NO5. The minimum Gasteiger partial charge on any atom is -0.501 e. The third-order valence-electron chi connectivity index (χ3n) is 6.79. The standard InChI is InChI=1S/C27H40F3NO5/c1-18(2)31(21-10-9-19(3)20(4)16-21)17-23-22(8-6-12-35-13-7-14-36-15-11-32)26(34-5)24(25(23)33)27(28,29)30/h6,9-10,12,16,18,22-24,26,32H,7-8,11,13-15,17H2,1-5H3/b12-6-/t22-,23-,24?,26?/m1/s1. The van der Waals surface area contributed by atoms with Gasteiger partial charge in [0.15, 0.2) is 5.78 Å². The van der Waals surface area contributed by atoms with Crippen molar-refractivity contribution in [1.29, 1.82) is 0 Å². The number of methoxy groups -OCH3 is 1. The topological polar surface area (TPSA) is 68.2 Å². The van der Waals surface area contributed by atoms with Gasteiger partial charge in [0.1, 0.15) is 5.92 Å². The number of ketones is 1. The van der Waals surface area contributed by atoms with Gasteiger partial charge in [-0.25, -0.2) is 0 Å². The minimum absolute atomic E-state index is 0.0154. The highest BCUT2D eigenvalue weighted by atomic mass is 19.4. The summed E-state index contributed by atoms with van der Waals surface area (Å²) >= 11 is 0. The number of aryl methyl sites for hydroxylation is 2. The summed E-state index contributed by atoms with van der Waals surface area (Å²) in [4.78, 5) is 15.2. The Kier molecular flexibility index (Phi) is 11.7. The van der Waals surface area contributed by atoms with Crippen molar-refractivity contribution >= 4 is 11.5 Å². The summed E-state index contributed by atoms with van der Waals surface area (Å²) in [6.07, 6.45) is -1.97. The molecule has 0 amide bonds. The van der Waals surface area contributed by atoms with E-state index in [1.807, 2.05) is 50.8 Å². The van der Waals surface area contributed by atoms with E-state index < -0.39 is 35.8 Å². The van der Waals surface area contributed by atoms with Crippen LogP contribution in [0.2, 0.25) is 0 Å². The molecule has 1 aromatic carbocycles. The lowest BCUT2D eigenvalue weighted by molar-refractivity contribution is -0.199. The number of alkyl halides is 3. The molecule has 1 N–H and O–H groups in total. The molecule has 0 aromatic heterocycles. The first kappa shape index (κ1) is 30.1. The fourth-order valence-corrected chi connectivity index (χ4v) is 4.75. The van der Waals surface area contributed by atoms with Crippen LogP contribution in [0.5, 0.6) is 0 Å². The molecule has 0 saturated heterocycles. The van der Waals surface area contributed by atoms with Gasteiger partial charge in [-0.05, 0) is 63.5 Å². The number of halogens is 3. The smallest absolute Gasteiger partial charge is 0.401 e. The molecule has 4 atom stereocenters. The van der Waals surface area contributed by atoms with Crippen molar-refractivity contribution in [2.24, 2.45) is 17.8 Å². The Labute approximate surface area is 212 Å². The van der Waals surface area contributed by atoms with E-state index >= 15 is 0 Å². The van der Waals surface area contributed by atoms with Crippen molar-refractivity contribution in [3.8, 4) is 0 Å². The highest BCUT2D eigenvalue weighted by Gasteiger charge is 2.60. The number of rotatable bonds is 14. The number of hydrogen-bond donors (Lipinski definition) is 1. The van der Waals surface area contributed by atoms with Crippen LogP contribution in [0.1, 0.15) is 37.8 Å². The number of nitrogens with zero attached hydrogens (tertiary/aromatic N) is 1. The van der Waals surface area contributed by atoms with Crippen LogP contribution in [0.4, 0.5) is 18.9 Å². The molecule has 36 heavy (non-hydrogen) atoms. The maximum Gasteiger partial charge on any atom is 0.401 e. The van der Waals surface area contributed by atoms with Crippen LogP contribution >= 0.6 is 0 Å². The average molecular weight is 516 g/mol. The Hall–Kier alpha value is -2.10. The van der Waals surface area contributed by atoms with Gasteiger partial charge in [-0.15, -0.1) is 0 Å². The SMILES string of the molecule is COC1C(C(F)(F)F)C(=O)[C@H](CN(c2ccc(C)c(C)c2)C(C)C)[C@H]1C/C=C\OCCCOCCO. The van der Waals surface area contributed by atoms with E-state index in [1.54, 1.807) is 6.08 Å².